The SMILES string of the molecule is CCOCC(=O)N[C@@H](C(=O)OC(C)(C)C)c1ccccc1. The summed E-state index contributed by atoms with van der Waals surface area (Å²) in [6.07, 6.45) is 0. The average molecular weight is 293 g/mol. The fourth-order valence-corrected chi connectivity index (χ4v) is 1.68. The van der Waals surface area contributed by atoms with Crippen molar-refractivity contribution in [2.75, 3.05) is 13.2 Å². The third-order valence-corrected chi connectivity index (χ3v) is 2.52. The molecule has 0 saturated heterocycles. The van der Waals surface area contributed by atoms with Crippen LogP contribution in [0.5, 0.6) is 0 Å². The topological polar surface area (TPSA) is 64.6 Å². The molecule has 0 unspecified atom stereocenters. The summed E-state index contributed by atoms with van der Waals surface area (Å²) in [6.45, 7) is 7.52. The third-order valence-electron chi connectivity index (χ3n) is 2.52. The van der Waals surface area contributed by atoms with Gasteiger partial charge in [-0.2, -0.15) is 0 Å². The monoisotopic (exact) mass is 293 g/mol. The van der Waals surface area contributed by atoms with Crippen LogP contribution in [0.4, 0.5) is 0 Å². The van der Waals surface area contributed by atoms with Crippen molar-refractivity contribution in [3.63, 3.8) is 0 Å². The first-order valence-corrected chi connectivity index (χ1v) is 6.98. The van der Waals surface area contributed by atoms with Crippen LogP contribution in [-0.2, 0) is 19.1 Å². The van der Waals surface area contributed by atoms with Crippen LogP contribution in [0.15, 0.2) is 30.3 Å². The lowest BCUT2D eigenvalue weighted by atomic mass is 10.1. The molecule has 0 saturated carbocycles. The van der Waals surface area contributed by atoms with Gasteiger partial charge in [0.15, 0.2) is 6.04 Å². The fourth-order valence-electron chi connectivity index (χ4n) is 1.68. The van der Waals surface area contributed by atoms with E-state index in [1.165, 1.54) is 0 Å². The zero-order valence-electron chi connectivity index (χ0n) is 13.0. The Morgan fingerprint density at radius 2 is 1.81 bits per heavy atom. The van der Waals surface area contributed by atoms with Gasteiger partial charge in [0.25, 0.3) is 0 Å². The summed E-state index contributed by atoms with van der Waals surface area (Å²) >= 11 is 0. The van der Waals surface area contributed by atoms with Gasteiger partial charge in [-0.1, -0.05) is 30.3 Å². The van der Waals surface area contributed by atoms with Gasteiger partial charge in [0, 0.05) is 6.61 Å². The minimum absolute atomic E-state index is 0.0807. The van der Waals surface area contributed by atoms with E-state index in [0.717, 1.165) is 0 Å². The smallest absolute Gasteiger partial charge is 0.333 e. The Morgan fingerprint density at radius 3 is 2.33 bits per heavy atom. The Morgan fingerprint density at radius 1 is 1.19 bits per heavy atom. The van der Waals surface area contributed by atoms with Crippen molar-refractivity contribution in [3.05, 3.63) is 35.9 Å². The van der Waals surface area contributed by atoms with Crippen molar-refractivity contribution in [1.82, 2.24) is 5.32 Å². The normalized spacial score (nSPS) is 12.6. The van der Waals surface area contributed by atoms with Crippen LogP contribution < -0.4 is 5.32 Å². The highest BCUT2D eigenvalue weighted by Crippen LogP contribution is 2.18. The zero-order chi connectivity index (χ0) is 15.9. The van der Waals surface area contributed by atoms with Crippen molar-refractivity contribution < 1.29 is 19.1 Å². The predicted molar refractivity (Wildman–Crippen MR) is 79.7 cm³/mol. The van der Waals surface area contributed by atoms with Crippen LogP contribution in [0.3, 0.4) is 0 Å². The summed E-state index contributed by atoms with van der Waals surface area (Å²) in [4.78, 5) is 24.1. The van der Waals surface area contributed by atoms with E-state index < -0.39 is 17.6 Å². The number of hydrogen-bond donors (Lipinski definition) is 1. The van der Waals surface area contributed by atoms with Gasteiger partial charge in [0.1, 0.15) is 12.2 Å². The fraction of sp³-hybridized carbons (Fsp3) is 0.500. The molecule has 0 aromatic heterocycles. The number of amides is 1. The molecule has 1 atom stereocenters. The molecule has 21 heavy (non-hydrogen) atoms. The number of carbonyl (C=O) groups excluding carboxylic acids is 2. The van der Waals surface area contributed by atoms with Crippen molar-refractivity contribution >= 4 is 11.9 Å². The Balaban J connectivity index is 2.85. The molecule has 0 aliphatic rings. The standard InChI is InChI=1S/C16H23NO4/c1-5-20-11-13(18)17-14(12-9-7-6-8-10-12)15(19)21-16(2,3)4/h6-10,14H,5,11H2,1-4H3,(H,17,18)/t14-/m1/s1. The quantitative estimate of drug-likeness (QED) is 0.817. The molecular weight excluding hydrogens is 270 g/mol. The van der Waals surface area contributed by atoms with Gasteiger partial charge in [0.05, 0.1) is 0 Å². The molecule has 116 valence electrons. The molecule has 0 aliphatic carbocycles. The summed E-state index contributed by atoms with van der Waals surface area (Å²) in [5, 5.41) is 2.65. The van der Waals surface area contributed by atoms with Gasteiger partial charge in [-0.3, -0.25) is 4.79 Å². The van der Waals surface area contributed by atoms with E-state index in [-0.39, 0.29) is 12.5 Å². The van der Waals surface area contributed by atoms with Gasteiger partial charge >= 0.3 is 5.97 Å². The molecule has 1 rings (SSSR count). The summed E-state index contributed by atoms with van der Waals surface area (Å²) in [6, 6.07) is 8.17. The molecule has 1 N–H and O–H groups in total. The first kappa shape index (κ1) is 17.2. The first-order valence-electron chi connectivity index (χ1n) is 6.98. The molecule has 0 bridgehead atoms. The minimum Gasteiger partial charge on any atom is -0.458 e. The number of carbonyl (C=O) groups is 2. The van der Waals surface area contributed by atoms with E-state index in [1.807, 2.05) is 6.07 Å². The van der Waals surface area contributed by atoms with E-state index in [0.29, 0.717) is 12.2 Å². The van der Waals surface area contributed by atoms with Crippen LogP contribution in [0, 0.1) is 0 Å². The van der Waals surface area contributed by atoms with Crippen molar-refractivity contribution in [2.45, 2.75) is 39.3 Å². The summed E-state index contributed by atoms with van der Waals surface area (Å²) in [5.74, 6) is -0.838. The second-order valence-electron chi connectivity index (χ2n) is 5.58. The Labute approximate surface area is 125 Å². The Bertz CT molecular complexity index is 465. The summed E-state index contributed by atoms with van der Waals surface area (Å²) < 4.78 is 10.4. The highest BCUT2D eigenvalue weighted by atomic mass is 16.6. The van der Waals surface area contributed by atoms with Gasteiger partial charge in [0.2, 0.25) is 5.91 Å². The maximum atomic E-state index is 12.3. The van der Waals surface area contributed by atoms with Crippen molar-refractivity contribution in [2.24, 2.45) is 0 Å². The van der Waals surface area contributed by atoms with E-state index in [1.54, 1.807) is 52.0 Å². The predicted octanol–water partition coefficient (Wildman–Crippen LogP) is 2.22. The zero-order valence-corrected chi connectivity index (χ0v) is 13.0. The maximum Gasteiger partial charge on any atom is 0.333 e. The lowest BCUT2D eigenvalue weighted by Crippen LogP contribution is -2.39. The molecule has 1 aromatic rings. The number of ether oxygens (including phenoxy) is 2. The molecule has 1 aromatic carbocycles. The van der Waals surface area contributed by atoms with Gasteiger partial charge in [-0.05, 0) is 33.3 Å². The largest absolute Gasteiger partial charge is 0.458 e. The van der Waals surface area contributed by atoms with Crippen LogP contribution >= 0.6 is 0 Å². The maximum absolute atomic E-state index is 12.3. The molecular formula is C16H23NO4. The first-order chi connectivity index (χ1) is 9.83. The average Bonchev–Trinajstić information content (AvgIpc) is 2.41. The summed E-state index contributed by atoms with van der Waals surface area (Å²) in [5.41, 5.74) is 0.0611. The van der Waals surface area contributed by atoms with Crippen LogP contribution in [-0.4, -0.2) is 30.7 Å². The third kappa shape index (κ3) is 6.40. The molecule has 0 fully saturated rings. The molecule has 0 spiro atoms. The Hall–Kier alpha value is -1.88. The van der Waals surface area contributed by atoms with Crippen LogP contribution in [0.1, 0.15) is 39.3 Å². The highest BCUT2D eigenvalue weighted by molar-refractivity contribution is 5.86. The lowest BCUT2D eigenvalue weighted by molar-refractivity contribution is -0.159. The molecule has 5 nitrogen and oxygen atoms in total. The molecule has 0 heterocycles. The number of benzene rings is 1. The summed E-state index contributed by atoms with van der Waals surface area (Å²) in [7, 11) is 0. The molecule has 0 radical (unpaired) electrons. The second kappa shape index (κ2) is 7.78. The minimum atomic E-state index is -0.835. The number of nitrogens with one attached hydrogen (secondary N) is 1. The molecule has 5 heteroatoms. The molecule has 1 amide bonds. The number of rotatable bonds is 6. The highest BCUT2D eigenvalue weighted by Gasteiger charge is 2.27. The van der Waals surface area contributed by atoms with Gasteiger partial charge < -0.3 is 14.8 Å². The van der Waals surface area contributed by atoms with E-state index in [2.05, 4.69) is 5.32 Å². The Kier molecular flexibility index (Phi) is 6.37. The molecule has 0 aliphatic heterocycles. The van der Waals surface area contributed by atoms with E-state index in [9.17, 15) is 9.59 Å². The van der Waals surface area contributed by atoms with Crippen molar-refractivity contribution in [3.8, 4) is 0 Å². The van der Waals surface area contributed by atoms with Crippen LogP contribution in [0.25, 0.3) is 0 Å². The van der Waals surface area contributed by atoms with E-state index in [4.69, 9.17) is 9.47 Å². The van der Waals surface area contributed by atoms with Crippen LogP contribution in [0.2, 0.25) is 0 Å². The van der Waals surface area contributed by atoms with Gasteiger partial charge in [-0.15, -0.1) is 0 Å². The van der Waals surface area contributed by atoms with Gasteiger partial charge in [-0.25, -0.2) is 4.79 Å². The number of esters is 1. The lowest BCUT2D eigenvalue weighted by Gasteiger charge is -2.24. The second-order valence-corrected chi connectivity index (χ2v) is 5.58. The van der Waals surface area contributed by atoms with E-state index >= 15 is 0 Å². The number of hydrogen-bond acceptors (Lipinski definition) is 4. The van der Waals surface area contributed by atoms with Crippen molar-refractivity contribution in [1.29, 1.82) is 0 Å².